The van der Waals surface area contributed by atoms with Gasteiger partial charge < -0.3 is 10.2 Å². The van der Waals surface area contributed by atoms with Crippen LogP contribution >= 0.6 is 0 Å². The highest BCUT2D eigenvalue weighted by molar-refractivity contribution is 6.14. The van der Waals surface area contributed by atoms with Gasteiger partial charge in [-0.15, -0.1) is 0 Å². The largest absolute Gasteiger partial charge is 0.507 e. The van der Waals surface area contributed by atoms with Crippen molar-refractivity contribution >= 4 is 34.0 Å². The van der Waals surface area contributed by atoms with Gasteiger partial charge in [0.1, 0.15) is 11.5 Å². The first-order chi connectivity index (χ1) is 35.6. The molecule has 0 aliphatic carbocycles. The van der Waals surface area contributed by atoms with E-state index in [1.165, 1.54) is 33.4 Å². The molecule has 2 aliphatic rings. The molecular weight excluding hydrogens is 881 g/mol. The average molecular weight is 935 g/mol. The van der Waals surface area contributed by atoms with Crippen LogP contribution in [0.4, 0.5) is 0 Å². The number of rotatable bonds is 13. The van der Waals surface area contributed by atoms with E-state index in [1.807, 2.05) is 73.1 Å². The number of hydrogen-bond acceptors (Lipinski definition) is 6. The standard InChI is InChI=1S/C66H54N4O2/c71-65-55(39-67-61(45-21-5-1-6-22-45)63(47-25-9-3-10-26-47)69-41-51-31-13-14-32-52(51)42-69)37-49-29-17-19-35-57(49)59(65)60-58-36-20-18-30-50(58)38-56(66(60)72)40-68-62(46-23-7-2-8-24-46)64(48-27-11-4-12-28-48)70-43-53-33-15-16-34-54(53)44-70/h1-40,61-64,71-72H,41-44H2/t61-,62-,63-,64-/m1/s1. The highest BCUT2D eigenvalue weighted by Crippen LogP contribution is 2.49. The average Bonchev–Trinajstić information content (AvgIpc) is 4.07. The van der Waals surface area contributed by atoms with E-state index < -0.39 is 0 Å². The molecule has 2 N–H and O–H groups in total. The molecule has 350 valence electrons. The molecule has 0 unspecified atom stereocenters. The minimum Gasteiger partial charge on any atom is -0.507 e. The minimum absolute atomic E-state index is 0.0449. The second-order valence-corrected chi connectivity index (χ2v) is 19.1. The summed E-state index contributed by atoms with van der Waals surface area (Å²) in [4.78, 5) is 16.0. The fraction of sp³-hybridized carbons (Fsp3) is 0.121. The van der Waals surface area contributed by atoms with Gasteiger partial charge in [-0.3, -0.25) is 19.8 Å². The molecule has 2 aliphatic heterocycles. The summed E-state index contributed by atoms with van der Waals surface area (Å²) in [5.41, 5.74) is 12.0. The van der Waals surface area contributed by atoms with Crippen molar-refractivity contribution in [2.45, 2.75) is 50.3 Å². The van der Waals surface area contributed by atoms with E-state index in [0.29, 0.717) is 22.3 Å². The number of hydrogen-bond donors (Lipinski definition) is 2. The van der Waals surface area contributed by atoms with E-state index in [1.54, 1.807) is 0 Å². The molecule has 0 saturated heterocycles. The molecule has 6 nitrogen and oxygen atoms in total. The van der Waals surface area contributed by atoms with Crippen molar-refractivity contribution in [3.63, 3.8) is 0 Å². The number of phenols is 2. The molecule has 0 spiro atoms. The molecule has 4 atom stereocenters. The van der Waals surface area contributed by atoms with Crippen molar-refractivity contribution < 1.29 is 10.2 Å². The van der Waals surface area contributed by atoms with Crippen molar-refractivity contribution in [2.24, 2.45) is 9.98 Å². The highest BCUT2D eigenvalue weighted by atomic mass is 16.3. The fourth-order valence-electron chi connectivity index (χ4n) is 11.3. The number of phenolic OH excluding ortho intramolecular Hbond substituents is 2. The zero-order valence-corrected chi connectivity index (χ0v) is 39.9. The van der Waals surface area contributed by atoms with E-state index in [4.69, 9.17) is 9.98 Å². The van der Waals surface area contributed by atoms with Gasteiger partial charge in [0.15, 0.2) is 0 Å². The van der Waals surface area contributed by atoms with Crippen molar-refractivity contribution in [3.8, 4) is 22.6 Å². The summed E-state index contributed by atoms with van der Waals surface area (Å²) in [5, 5.41) is 29.3. The van der Waals surface area contributed by atoms with Gasteiger partial charge in [0.05, 0.1) is 24.2 Å². The van der Waals surface area contributed by atoms with Gasteiger partial charge in [-0.25, -0.2) is 0 Å². The molecule has 12 rings (SSSR count). The predicted octanol–water partition coefficient (Wildman–Crippen LogP) is 14.9. The Labute approximate surface area is 421 Å². The van der Waals surface area contributed by atoms with Crippen molar-refractivity contribution in [2.75, 3.05) is 0 Å². The van der Waals surface area contributed by atoms with Gasteiger partial charge in [-0.05, 0) is 78.2 Å². The third kappa shape index (κ3) is 8.66. The summed E-state index contributed by atoms with van der Waals surface area (Å²) in [7, 11) is 0. The Morgan fingerprint density at radius 2 is 0.639 bits per heavy atom. The number of nitrogens with zero attached hydrogens (tertiary/aromatic N) is 4. The minimum atomic E-state index is -0.321. The van der Waals surface area contributed by atoms with Crippen LogP contribution in [0.2, 0.25) is 0 Å². The lowest BCUT2D eigenvalue weighted by atomic mass is 9.88. The van der Waals surface area contributed by atoms with E-state index in [-0.39, 0.29) is 35.7 Å². The van der Waals surface area contributed by atoms with Crippen LogP contribution in [0.15, 0.2) is 241 Å². The molecule has 0 fully saturated rings. The topological polar surface area (TPSA) is 71.7 Å². The van der Waals surface area contributed by atoms with Crippen molar-refractivity contribution in [1.29, 1.82) is 0 Å². The molecule has 0 radical (unpaired) electrons. The second kappa shape index (κ2) is 19.8. The molecule has 0 saturated carbocycles. The summed E-state index contributed by atoms with van der Waals surface area (Å²) < 4.78 is 0. The van der Waals surface area contributed by atoms with Gasteiger partial charge >= 0.3 is 0 Å². The van der Waals surface area contributed by atoms with E-state index >= 15 is 0 Å². The van der Waals surface area contributed by atoms with Crippen LogP contribution in [0.25, 0.3) is 32.7 Å². The first-order valence-corrected chi connectivity index (χ1v) is 24.9. The lowest BCUT2D eigenvalue weighted by Crippen LogP contribution is -2.28. The fourth-order valence-corrected chi connectivity index (χ4v) is 11.3. The molecule has 0 aromatic heterocycles. The maximum atomic E-state index is 12.9. The third-order valence-electron chi connectivity index (χ3n) is 14.8. The first kappa shape index (κ1) is 44.8. The lowest BCUT2D eigenvalue weighted by molar-refractivity contribution is 0.174. The quantitative estimate of drug-likeness (QED) is 0.113. The van der Waals surface area contributed by atoms with Crippen LogP contribution < -0.4 is 0 Å². The predicted molar refractivity (Wildman–Crippen MR) is 294 cm³/mol. The molecule has 72 heavy (non-hydrogen) atoms. The van der Waals surface area contributed by atoms with Crippen molar-refractivity contribution in [3.05, 3.63) is 286 Å². The van der Waals surface area contributed by atoms with E-state index in [2.05, 4.69) is 180 Å². The van der Waals surface area contributed by atoms with Gasteiger partial charge in [0, 0.05) is 60.9 Å². The Kier molecular flexibility index (Phi) is 12.3. The molecule has 0 bridgehead atoms. The zero-order chi connectivity index (χ0) is 48.4. The molecule has 10 aromatic rings. The summed E-state index contributed by atoms with van der Waals surface area (Å²) >= 11 is 0. The Balaban J connectivity index is 0.993. The van der Waals surface area contributed by atoms with E-state index in [9.17, 15) is 10.2 Å². The second-order valence-electron chi connectivity index (χ2n) is 19.1. The van der Waals surface area contributed by atoms with Gasteiger partial charge in [0.2, 0.25) is 0 Å². The van der Waals surface area contributed by atoms with Gasteiger partial charge in [-0.1, -0.05) is 218 Å². The Hall–Kier alpha value is -8.42. The monoisotopic (exact) mass is 934 g/mol. The van der Waals surface area contributed by atoms with Crippen molar-refractivity contribution in [1.82, 2.24) is 9.80 Å². The van der Waals surface area contributed by atoms with Crippen LogP contribution in [-0.4, -0.2) is 32.4 Å². The number of fused-ring (bicyclic) bond motifs is 4. The highest BCUT2D eigenvalue weighted by Gasteiger charge is 2.35. The number of aliphatic imine (C=N–C) groups is 2. The third-order valence-corrected chi connectivity index (χ3v) is 14.8. The van der Waals surface area contributed by atoms with Gasteiger partial charge in [-0.2, -0.15) is 0 Å². The van der Waals surface area contributed by atoms with Gasteiger partial charge in [0.25, 0.3) is 0 Å². The van der Waals surface area contributed by atoms with Crippen LogP contribution in [0.3, 0.4) is 0 Å². The number of benzene rings is 10. The Morgan fingerprint density at radius 1 is 0.347 bits per heavy atom. The summed E-state index contributed by atoms with van der Waals surface area (Å²) in [6.45, 7) is 3.21. The summed E-state index contributed by atoms with van der Waals surface area (Å²) in [6.07, 6.45) is 3.69. The molecule has 2 heterocycles. The maximum Gasteiger partial charge on any atom is 0.132 e. The van der Waals surface area contributed by atoms with Crippen LogP contribution in [0.1, 0.15) is 79.8 Å². The van der Waals surface area contributed by atoms with Crippen LogP contribution in [0, 0.1) is 0 Å². The number of aromatic hydroxyl groups is 2. The Bertz CT molecular complexity index is 3310. The normalized spacial score (nSPS) is 15.5. The first-order valence-electron chi connectivity index (χ1n) is 24.9. The van der Waals surface area contributed by atoms with Crippen LogP contribution in [-0.2, 0) is 26.2 Å². The summed E-state index contributed by atoms with van der Waals surface area (Å²) in [5.74, 6) is 0.0899. The lowest BCUT2D eigenvalue weighted by Gasteiger charge is -2.33. The zero-order valence-electron chi connectivity index (χ0n) is 39.9. The molecule has 10 aromatic carbocycles. The molecular formula is C66H54N4O2. The van der Waals surface area contributed by atoms with E-state index in [0.717, 1.165) is 58.9 Å². The maximum absolute atomic E-state index is 12.9. The SMILES string of the molecule is Oc1c(C=N[C@H](c2ccccc2)[C@@H](c2ccccc2)N2Cc3ccccc3C2)cc2ccccc2c1-c1c(O)c(C=N[C@H](c2ccccc2)[C@@H](c2ccccc2)N2Cc3ccccc3C2)cc2ccccc12. The Morgan fingerprint density at radius 3 is 0.986 bits per heavy atom. The van der Waals surface area contributed by atoms with Crippen LogP contribution in [0.5, 0.6) is 11.5 Å². The molecule has 0 amide bonds. The smallest absolute Gasteiger partial charge is 0.132 e. The summed E-state index contributed by atoms with van der Waals surface area (Å²) in [6, 6.07) is 79.0. The molecule has 6 heteroatoms.